The van der Waals surface area contributed by atoms with Crippen molar-refractivity contribution in [1.82, 2.24) is 0 Å². The van der Waals surface area contributed by atoms with Crippen molar-refractivity contribution in [2.75, 3.05) is 0 Å². The number of rotatable bonds is 2. The molecule has 0 aliphatic rings. The lowest BCUT2D eigenvalue weighted by Crippen LogP contribution is -2.19. The van der Waals surface area contributed by atoms with Crippen molar-refractivity contribution in [3.8, 4) is 0 Å². The summed E-state index contributed by atoms with van der Waals surface area (Å²) in [7, 11) is -1.26. The van der Waals surface area contributed by atoms with E-state index in [1.807, 2.05) is 39.8 Å². The van der Waals surface area contributed by atoms with Crippen molar-refractivity contribution in [3.63, 3.8) is 0 Å². The van der Waals surface area contributed by atoms with Crippen molar-refractivity contribution in [1.29, 1.82) is 0 Å². The second kappa shape index (κ2) is 5.63. The topological polar surface area (TPSA) is 29.4 Å². The maximum atomic E-state index is 11.8. The van der Waals surface area contributed by atoms with Gasteiger partial charge < -0.3 is 0 Å². The van der Waals surface area contributed by atoms with E-state index >= 15 is 0 Å². The van der Waals surface area contributed by atoms with Crippen LogP contribution in [0.5, 0.6) is 0 Å². The van der Waals surface area contributed by atoms with Gasteiger partial charge in [-0.3, -0.25) is 0 Å². The Morgan fingerprint density at radius 2 is 2.00 bits per heavy atom. The summed E-state index contributed by atoms with van der Waals surface area (Å²) >= 11 is 9.58. The zero-order valence-electron chi connectivity index (χ0n) is 10.3. The Balaban J connectivity index is 3.02. The number of hydrogen-bond acceptors (Lipinski definition) is 1. The maximum absolute atomic E-state index is 11.8. The van der Waals surface area contributed by atoms with Crippen molar-refractivity contribution in [2.24, 2.45) is 4.40 Å². The third-order valence-corrected chi connectivity index (χ3v) is 4.87. The first kappa shape index (κ1) is 14.9. The molecule has 0 N–H and O–H groups in total. The minimum atomic E-state index is -1.26. The highest BCUT2D eigenvalue weighted by Gasteiger charge is 2.18. The molecule has 17 heavy (non-hydrogen) atoms. The Morgan fingerprint density at radius 3 is 2.53 bits per heavy atom. The summed E-state index contributed by atoms with van der Waals surface area (Å²) in [5.41, 5.74) is 1.74. The molecule has 0 amide bonds. The van der Waals surface area contributed by atoms with Crippen LogP contribution < -0.4 is 0 Å². The second-order valence-electron chi connectivity index (χ2n) is 4.67. The zero-order chi connectivity index (χ0) is 13.2. The Kier molecular flexibility index (Phi) is 4.93. The van der Waals surface area contributed by atoms with E-state index in [1.165, 1.54) is 0 Å². The minimum Gasteiger partial charge on any atom is -0.234 e. The van der Waals surface area contributed by atoms with E-state index in [0.29, 0.717) is 5.02 Å². The molecule has 2 nitrogen and oxygen atoms in total. The normalized spacial score (nSPS) is 14.2. The lowest BCUT2D eigenvalue weighted by Gasteiger charge is -2.13. The van der Waals surface area contributed by atoms with Gasteiger partial charge >= 0.3 is 0 Å². The summed E-state index contributed by atoms with van der Waals surface area (Å²) in [6.45, 7) is 7.57. The molecule has 1 atom stereocenters. The molecule has 0 saturated carbocycles. The Morgan fingerprint density at radius 1 is 1.41 bits per heavy atom. The van der Waals surface area contributed by atoms with E-state index in [9.17, 15) is 4.21 Å². The van der Waals surface area contributed by atoms with E-state index in [0.717, 1.165) is 15.6 Å². The second-order valence-corrected chi connectivity index (χ2v) is 7.84. The molecule has 1 aromatic carbocycles. The van der Waals surface area contributed by atoms with Gasteiger partial charge in [0.2, 0.25) is 0 Å². The highest BCUT2D eigenvalue weighted by molar-refractivity contribution is 9.10. The van der Waals surface area contributed by atoms with Crippen LogP contribution >= 0.6 is 27.5 Å². The average molecular weight is 337 g/mol. The number of hydrogen-bond donors (Lipinski definition) is 0. The lowest BCUT2D eigenvalue weighted by atomic mass is 10.1. The van der Waals surface area contributed by atoms with E-state index in [2.05, 4.69) is 20.3 Å². The molecule has 94 valence electrons. The van der Waals surface area contributed by atoms with Crippen LogP contribution in [0.25, 0.3) is 0 Å². The van der Waals surface area contributed by atoms with Crippen LogP contribution in [0.3, 0.4) is 0 Å². The molecule has 0 heterocycles. The highest BCUT2D eigenvalue weighted by atomic mass is 79.9. The summed E-state index contributed by atoms with van der Waals surface area (Å²) in [4.78, 5) is 0. The summed E-state index contributed by atoms with van der Waals surface area (Å²) < 4.78 is 16.4. The van der Waals surface area contributed by atoms with E-state index in [-0.39, 0.29) is 4.75 Å². The molecule has 5 heteroatoms. The van der Waals surface area contributed by atoms with Crippen molar-refractivity contribution < 1.29 is 4.21 Å². The first-order valence-electron chi connectivity index (χ1n) is 5.14. The molecule has 0 aromatic heterocycles. The monoisotopic (exact) mass is 335 g/mol. The average Bonchev–Trinajstić information content (AvgIpc) is 2.23. The molecule has 0 spiro atoms. The molecule has 0 bridgehead atoms. The molecular weight excluding hydrogens is 322 g/mol. The minimum absolute atomic E-state index is 0.354. The van der Waals surface area contributed by atoms with Crippen LogP contribution in [0.1, 0.15) is 31.9 Å². The van der Waals surface area contributed by atoms with E-state index < -0.39 is 11.0 Å². The van der Waals surface area contributed by atoms with Gasteiger partial charge in [0.05, 0.1) is 9.77 Å². The van der Waals surface area contributed by atoms with Crippen LogP contribution in [0.15, 0.2) is 21.0 Å². The number of nitrogens with zero attached hydrogens (tertiary/aromatic N) is 1. The smallest absolute Gasteiger partial charge is 0.144 e. The molecule has 0 radical (unpaired) electrons. The predicted octanol–water partition coefficient (Wildman–Crippen LogP) is 4.29. The maximum Gasteiger partial charge on any atom is 0.144 e. The van der Waals surface area contributed by atoms with Gasteiger partial charge in [0.25, 0.3) is 0 Å². The van der Waals surface area contributed by atoms with Gasteiger partial charge in [-0.15, -0.1) is 0 Å². The fraction of sp³-hybridized carbons (Fsp3) is 0.417. The number of benzene rings is 1. The summed E-state index contributed by atoms with van der Waals surface area (Å²) in [6, 6.07) is 3.76. The van der Waals surface area contributed by atoms with Crippen molar-refractivity contribution in [3.05, 3.63) is 32.8 Å². The van der Waals surface area contributed by atoms with Crippen molar-refractivity contribution in [2.45, 2.75) is 32.4 Å². The molecule has 0 saturated heterocycles. The Hall–Kier alpha value is -0.190. The van der Waals surface area contributed by atoms with Gasteiger partial charge in [-0.05, 0) is 39.3 Å². The summed E-state index contributed by atoms with van der Waals surface area (Å²) in [5.74, 6) is 0. The van der Waals surface area contributed by atoms with Gasteiger partial charge in [-0.25, -0.2) is 4.21 Å². The largest absolute Gasteiger partial charge is 0.234 e. The van der Waals surface area contributed by atoms with Crippen LogP contribution in [0.2, 0.25) is 5.02 Å². The van der Waals surface area contributed by atoms with Gasteiger partial charge in [-0.2, -0.15) is 4.40 Å². The third-order valence-electron chi connectivity index (χ3n) is 2.16. The predicted molar refractivity (Wildman–Crippen MR) is 79.4 cm³/mol. The zero-order valence-corrected chi connectivity index (χ0v) is 13.4. The van der Waals surface area contributed by atoms with Gasteiger partial charge in [-0.1, -0.05) is 33.6 Å². The van der Waals surface area contributed by atoms with Crippen LogP contribution in [-0.2, 0) is 11.0 Å². The summed E-state index contributed by atoms with van der Waals surface area (Å²) in [6.07, 6.45) is 1.57. The molecule has 0 unspecified atom stereocenters. The summed E-state index contributed by atoms with van der Waals surface area (Å²) in [5, 5.41) is 0.633. The number of halogens is 2. The SMILES string of the molecule is Cc1c(Br)ccc(C=N[S@@](=O)C(C)(C)C)c1Cl. The quantitative estimate of drug-likeness (QED) is 0.741. The first-order chi connectivity index (χ1) is 7.73. The molecular formula is C12H15BrClNOS. The van der Waals surface area contributed by atoms with Crippen LogP contribution in [0.4, 0.5) is 0 Å². The fourth-order valence-electron chi connectivity index (χ4n) is 1.04. The molecule has 0 fully saturated rings. The lowest BCUT2D eigenvalue weighted by molar-refractivity contribution is 0.651. The standard InChI is InChI=1S/C12H15BrClNOS/c1-8-10(13)6-5-9(11(8)14)7-15-17(16)12(2,3)4/h5-7H,1-4H3/t17-/m0/s1. The van der Waals surface area contributed by atoms with Gasteiger partial charge in [0, 0.05) is 16.3 Å². The highest BCUT2D eigenvalue weighted by Crippen LogP contribution is 2.26. The molecule has 0 aliphatic heterocycles. The third kappa shape index (κ3) is 3.90. The first-order valence-corrected chi connectivity index (χ1v) is 7.42. The van der Waals surface area contributed by atoms with Gasteiger partial charge in [0.15, 0.2) is 0 Å². The molecule has 1 rings (SSSR count). The van der Waals surface area contributed by atoms with Gasteiger partial charge in [0.1, 0.15) is 11.0 Å². The molecule has 1 aromatic rings. The van der Waals surface area contributed by atoms with Crippen LogP contribution in [-0.4, -0.2) is 15.2 Å². The Labute approximate surface area is 118 Å². The van der Waals surface area contributed by atoms with E-state index in [1.54, 1.807) is 6.21 Å². The Bertz CT molecular complexity index is 480. The fourth-order valence-corrected chi connectivity index (χ4v) is 2.23. The van der Waals surface area contributed by atoms with Crippen LogP contribution in [0, 0.1) is 6.92 Å². The van der Waals surface area contributed by atoms with E-state index in [4.69, 9.17) is 11.6 Å². The van der Waals surface area contributed by atoms with Crippen molar-refractivity contribution >= 4 is 44.7 Å². The molecule has 0 aliphatic carbocycles.